The van der Waals surface area contributed by atoms with E-state index >= 15 is 0 Å². The first kappa shape index (κ1) is 25.7. The van der Waals surface area contributed by atoms with Crippen LogP contribution in [0, 0.1) is 0 Å². The van der Waals surface area contributed by atoms with Gasteiger partial charge in [-0.05, 0) is 24.3 Å². The second-order valence-corrected chi connectivity index (χ2v) is 8.40. The Morgan fingerprint density at radius 2 is 1.79 bits per heavy atom. The fourth-order valence-corrected chi connectivity index (χ4v) is 3.67. The van der Waals surface area contributed by atoms with Crippen LogP contribution in [0.15, 0.2) is 43.0 Å². The number of carboxylic acids is 2. The minimum absolute atomic E-state index is 0.0134. The molecule has 0 bridgehead atoms. The van der Waals surface area contributed by atoms with Crippen LogP contribution in [0.2, 0.25) is 0 Å². The van der Waals surface area contributed by atoms with Crippen LogP contribution in [0.3, 0.4) is 0 Å². The number of aromatic nitrogens is 6. The molecule has 7 N–H and O–H groups in total. The van der Waals surface area contributed by atoms with Gasteiger partial charge in [-0.15, -0.1) is 0 Å². The van der Waals surface area contributed by atoms with Gasteiger partial charge in [0.05, 0.1) is 30.5 Å². The molecule has 0 aliphatic rings. The van der Waals surface area contributed by atoms with Gasteiger partial charge in [0.1, 0.15) is 12.6 Å². The predicted molar refractivity (Wildman–Crippen MR) is 135 cm³/mol. The summed E-state index contributed by atoms with van der Waals surface area (Å²) in [6.07, 6.45) is 4.17. The third kappa shape index (κ3) is 6.07. The zero-order valence-corrected chi connectivity index (χ0v) is 20.1. The monoisotopic (exact) mass is 520 g/mol. The van der Waals surface area contributed by atoms with Crippen molar-refractivity contribution in [1.82, 2.24) is 34.8 Å². The number of aliphatic carboxylic acids is 2. The van der Waals surface area contributed by atoms with Gasteiger partial charge in [0.25, 0.3) is 5.91 Å². The summed E-state index contributed by atoms with van der Waals surface area (Å²) in [5.74, 6) is -2.73. The summed E-state index contributed by atoms with van der Waals surface area (Å²) in [6, 6.07) is 5.32. The van der Waals surface area contributed by atoms with Crippen molar-refractivity contribution in [2.45, 2.75) is 25.6 Å². The molecule has 1 unspecified atom stereocenters. The number of nitrogens with one attached hydrogen (secondary N) is 1. The van der Waals surface area contributed by atoms with Gasteiger partial charge in [-0.2, -0.15) is 9.97 Å². The first-order valence-electron chi connectivity index (χ1n) is 11.2. The Morgan fingerprint density at radius 3 is 2.47 bits per heavy atom. The summed E-state index contributed by atoms with van der Waals surface area (Å²) in [4.78, 5) is 57.7. The average Bonchev–Trinajstić information content (AvgIpc) is 3.29. The van der Waals surface area contributed by atoms with Crippen molar-refractivity contribution in [2.75, 3.05) is 23.4 Å². The Morgan fingerprint density at radius 1 is 1.05 bits per heavy atom. The number of hydrogen-bond acceptors (Lipinski definition) is 11. The number of nitrogen functional groups attached to an aromatic ring is 2. The van der Waals surface area contributed by atoms with Gasteiger partial charge >= 0.3 is 11.9 Å². The molecule has 1 aromatic carbocycles. The Balaban J connectivity index is 1.40. The molecule has 3 aromatic heterocycles. The molecule has 15 heteroatoms. The van der Waals surface area contributed by atoms with Crippen molar-refractivity contribution in [1.29, 1.82) is 0 Å². The summed E-state index contributed by atoms with van der Waals surface area (Å²) in [6.45, 7) is 0.0663. The Bertz CT molecular complexity index is 1500. The number of nitrogens with two attached hydrogens (primary N) is 2. The van der Waals surface area contributed by atoms with E-state index in [1.54, 1.807) is 30.5 Å². The maximum atomic E-state index is 12.7. The molecule has 3 heterocycles. The highest BCUT2D eigenvalue weighted by molar-refractivity contribution is 5.97. The largest absolute Gasteiger partial charge is 0.480 e. The SMILES string of the molecule is CN(Cc1cnc2nc(N)nc(N)c2n1)c1ccc(C(=O)NC(Cc2cn(CC(=O)O)cn2)C(=O)O)cc1. The number of imidazole rings is 1. The predicted octanol–water partition coefficient (Wildman–Crippen LogP) is -0.0726. The molecule has 0 radical (unpaired) electrons. The maximum Gasteiger partial charge on any atom is 0.326 e. The van der Waals surface area contributed by atoms with E-state index in [9.17, 15) is 19.5 Å². The highest BCUT2D eigenvalue weighted by atomic mass is 16.4. The van der Waals surface area contributed by atoms with E-state index in [4.69, 9.17) is 16.6 Å². The van der Waals surface area contributed by atoms with Gasteiger partial charge in [-0.25, -0.2) is 19.7 Å². The lowest BCUT2D eigenvalue weighted by molar-refractivity contribution is -0.139. The number of benzene rings is 1. The number of fused-ring (bicyclic) bond motifs is 1. The summed E-state index contributed by atoms with van der Waals surface area (Å²) in [5.41, 5.74) is 14.1. The molecular weight excluding hydrogens is 496 g/mol. The van der Waals surface area contributed by atoms with Crippen molar-refractivity contribution in [3.8, 4) is 0 Å². The molecule has 0 aliphatic heterocycles. The number of hydrogen-bond donors (Lipinski definition) is 5. The normalized spacial score (nSPS) is 11.7. The number of carboxylic acid groups (broad SMARTS) is 2. The van der Waals surface area contributed by atoms with E-state index in [1.807, 2.05) is 11.9 Å². The number of rotatable bonds is 10. The third-order valence-corrected chi connectivity index (χ3v) is 5.49. The van der Waals surface area contributed by atoms with Gasteiger partial charge in [-0.1, -0.05) is 0 Å². The van der Waals surface area contributed by atoms with E-state index in [0.29, 0.717) is 29.1 Å². The number of carbonyl (C=O) groups excluding carboxylic acids is 1. The van der Waals surface area contributed by atoms with Gasteiger partial charge in [0.2, 0.25) is 5.95 Å². The van der Waals surface area contributed by atoms with Crippen molar-refractivity contribution in [3.63, 3.8) is 0 Å². The Labute approximate surface area is 215 Å². The minimum Gasteiger partial charge on any atom is -0.480 e. The maximum absolute atomic E-state index is 12.7. The Kier molecular flexibility index (Phi) is 7.27. The van der Waals surface area contributed by atoms with E-state index in [0.717, 1.165) is 5.69 Å². The molecule has 4 rings (SSSR count). The lowest BCUT2D eigenvalue weighted by atomic mass is 10.1. The first-order chi connectivity index (χ1) is 18.1. The van der Waals surface area contributed by atoms with Gasteiger partial charge in [0.15, 0.2) is 17.0 Å². The zero-order chi connectivity index (χ0) is 27.4. The average molecular weight is 521 g/mol. The van der Waals surface area contributed by atoms with Crippen molar-refractivity contribution in [2.24, 2.45) is 0 Å². The highest BCUT2D eigenvalue weighted by Gasteiger charge is 2.22. The number of carbonyl (C=O) groups is 3. The van der Waals surface area contributed by atoms with Crippen molar-refractivity contribution in [3.05, 3.63) is 59.9 Å². The van der Waals surface area contributed by atoms with Crippen LogP contribution in [0.1, 0.15) is 21.7 Å². The molecular formula is C23H24N10O5. The lowest BCUT2D eigenvalue weighted by Crippen LogP contribution is -2.42. The molecule has 1 atom stereocenters. The standard InChI is InChI=1S/C23H24N10O5/c1-32(8-14-7-26-20-18(28-14)19(24)30-23(25)31-20)15-4-2-12(3-5-15)21(36)29-16(22(37)38)6-13-9-33(11-27-13)10-17(34)35/h2-5,7,9,11,16H,6,8,10H2,1H3,(H,29,36)(H,34,35)(H,37,38)(H4,24,25,26,30,31). The number of amides is 1. The lowest BCUT2D eigenvalue weighted by Gasteiger charge is -2.19. The summed E-state index contributed by atoms with van der Waals surface area (Å²) in [7, 11) is 1.83. The van der Waals surface area contributed by atoms with Crippen LogP contribution in [0.5, 0.6) is 0 Å². The molecule has 15 nitrogen and oxygen atoms in total. The summed E-state index contributed by atoms with van der Waals surface area (Å²) >= 11 is 0. The topological polar surface area (TPSA) is 228 Å². The van der Waals surface area contributed by atoms with E-state index in [2.05, 4.69) is 30.2 Å². The molecule has 0 fully saturated rings. The quantitative estimate of drug-likeness (QED) is 0.185. The van der Waals surface area contributed by atoms with E-state index < -0.39 is 23.9 Å². The summed E-state index contributed by atoms with van der Waals surface area (Å²) < 4.78 is 1.32. The first-order valence-corrected chi connectivity index (χ1v) is 11.2. The van der Waals surface area contributed by atoms with Gasteiger partial charge in [-0.3, -0.25) is 9.59 Å². The molecule has 1 amide bonds. The van der Waals surface area contributed by atoms with Crippen LogP contribution in [-0.4, -0.2) is 70.6 Å². The van der Waals surface area contributed by atoms with E-state index in [-0.39, 0.29) is 30.3 Å². The van der Waals surface area contributed by atoms with Crippen LogP contribution < -0.4 is 21.7 Å². The molecule has 196 valence electrons. The Hall–Kier alpha value is -5.34. The van der Waals surface area contributed by atoms with Crippen LogP contribution in [0.25, 0.3) is 11.2 Å². The van der Waals surface area contributed by atoms with Crippen molar-refractivity contribution >= 4 is 46.5 Å². The van der Waals surface area contributed by atoms with Crippen LogP contribution >= 0.6 is 0 Å². The zero-order valence-electron chi connectivity index (χ0n) is 20.1. The second kappa shape index (κ2) is 10.7. The molecule has 0 saturated heterocycles. The van der Waals surface area contributed by atoms with Crippen molar-refractivity contribution < 1.29 is 24.6 Å². The van der Waals surface area contributed by atoms with Crippen LogP contribution in [0.4, 0.5) is 17.5 Å². The van der Waals surface area contributed by atoms with Gasteiger partial charge in [0, 0.05) is 30.9 Å². The van der Waals surface area contributed by atoms with Gasteiger partial charge < -0.3 is 36.5 Å². The minimum atomic E-state index is -1.25. The molecule has 38 heavy (non-hydrogen) atoms. The number of anilines is 3. The fourth-order valence-electron chi connectivity index (χ4n) is 3.67. The second-order valence-electron chi connectivity index (χ2n) is 8.40. The summed E-state index contributed by atoms with van der Waals surface area (Å²) in [5, 5.41) is 20.9. The fraction of sp³-hybridized carbons (Fsp3) is 0.217. The number of nitrogens with zero attached hydrogens (tertiary/aromatic N) is 7. The third-order valence-electron chi connectivity index (χ3n) is 5.49. The highest BCUT2D eigenvalue weighted by Crippen LogP contribution is 2.19. The molecule has 0 saturated carbocycles. The smallest absolute Gasteiger partial charge is 0.326 e. The van der Waals surface area contributed by atoms with Crippen LogP contribution in [-0.2, 0) is 29.1 Å². The molecule has 0 spiro atoms. The molecule has 4 aromatic rings. The van der Waals surface area contributed by atoms with E-state index in [1.165, 1.54) is 17.1 Å². The molecule has 0 aliphatic carbocycles.